The van der Waals surface area contributed by atoms with Crippen LogP contribution >= 0.6 is 15.9 Å². The summed E-state index contributed by atoms with van der Waals surface area (Å²) in [5, 5.41) is 6.14. The molecule has 1 fully saturated rings. The number of nitrogens with one attached hydrogen (secondary N) is 2. The molecule has 1 unspecified atom stereocenters. The van der Waals surface area contributed by atoms with Gasteiger partial charge in [-0.3, -0.25) is 4.79 Å². The smallest absolute Gasteiger partial charge is 0.237 e. The summed E-state index contributed by atoms with van der Waals surface area (Å²) in [6.45, 7) is 1.37. The van der Waals surface area contributed by atoms with Gasteiger partial charge < -0.3 is 20.1 Å². The molecule has 1 aliphatic heterocycles. The van der Waals surface area contributed by atoms with Crippen LogP contribution in [0.5, 0.6) is 11.5 Å². The highest BCUT2D eigenvalue weighted by molar-refractivity contribution is 9.10. The third-order valence-corrected chi connectivity index (χ3v) is 4.11. The third-order valence-electron chi connectivity index (χ3n) is 3.38. The van der Waals surface area contributed by atoms with Crippen molar-refractivity contribution in [3.8, 4) is 11.5 Å². The SMILES string of the molecule is COc1cc(Br)c(CNC2CCCNC2=O)cc1OC. The van der Waals surface area contributed by atoms with Gasteiger partial charge in [0, 0.05) is 17.6 Å². The summed E-state index contributed by atoms with van der Waals surface area (Å²) < 4.78 is 11.5. The summed E-state index contributed by atoms with van der Waals surface area (Å²) in [5.74, 6) is 1.44. The van der Waals surface area contributed by atoms with Crippen LogP contribution < -0.4 is 20.1 Å². The second kappa shape index (κ2) is 6.95. The maximum Gasteiger partial charge on any atom is 0.237 e. The molecule has 6 heteroatoms. The standard InChI is InChI=1S/C14H19BrN2O3/c1-19-12-6-9(10(15)7-13(12)20-2)8-17-11-4-3-5-16-14(11)18/h6-7,11,17H,3-5,8H2,1-2H3,(H,16,18). The minimum atomic E-state index is -0.122. The molecule has 0 saturated carbocycles. The van der Waals surface area contributed by atoms with Crippen molar-refractivity contribution in [2.75, 3.05) is 20.8 Å². The Morgan fingerprint density at radius 3 is 2.70 bits per heavy atom. The molecule has 1 atom stereocenters. The van der Waals surface area contributed by atoms with Crippen LogP contribution in [0.2, 0.25) is 0 Å². The molecule has 20 heavy (non-hydrogen) atoms. The number of halogens is 1. The van der Waals surface area contributed by atoms with Crippen LogP contribution in [0.25, 0.3) is 0 Å². The molecule has 110 valence electrons. The fourth-order valence-electron chi connectivity index (χ4n) is 2.23. The summed E-state index contributed by atoms with van der Waals surface area (Å²) in [7, 11) is 3.21. The number of ether oxygens (including phenoxy) is 2. The molecule has 1 amide bonds. The molecule has 0 radical (unpaired) electrons. The molecule has 1 aliphatic rings. The monoisotopic (exact) mass is 342 g/mol. The quantitative estimate of drug-likeness (QED) is 0.857. The average Bonchev–Trinajstić information content (AvgIpc) is 2.47. The van der Waals surface area contributed by atoms with E-state index >= 15 is 0 Å². The maximum atomic E-state index is 11.7. The molecule has 2 rings (SSSR count). The number of carbonyl (C=O) groups excluding carboxylic acids is 1. The molecular formula is C14H19BrN2O3. The van der Waals surface area contributed by atoms with E-state index < -0.39 is 0 Å². The predicted octanol–water partition coefficient (Wildman–Crippen LogP) is 1.83. The first-order valence-electron chi connectivity index (χ1n) is 6.57. The number of benzene rings is 1. The van der Waals surface area contributed by atoms with Gasteiger partial charge in [0.15, 0.2) is 11.5 Å². The van der Waals surface area contributed by atoms with Crippen molar-refractivity contribution in [1.82, 2.24) is 10.6 Å². The van der Waals surface area contributed by atoms with Gasteiger partial charge >= 0.3 is 0 Å². The second-order valence-electron chi connectivity index (χ2n) is 4.67. The zero-order chi connectivity index (χ0) is 14.5. The highest BCUT2D eigenvalue weighted by Crippen LogP contribution is 2.33. The Morgan fingerprint density at radius 1 is 1.35 bits per heavy atom. The van der Waals surface area contributed by atoms with E-state index in [1.807, 2.05) is 12.1 Å². The van der Waals surface area contributed by atoms with E-state index in [2.05, 4.69) is 26.6 Å². The molecule has 1 aromatic rings. The van der Waals surface area contributed by atoms with Gasteiger partial charge in [-0.2, -0.15) is 0 Å². The van der Waals surface area contributed by atoms with E-state index in [1.165, 1.54) is 0 Å². The molecule has 5 nitrogen and oxygen atoms in total. The van der Waals surface area contributed by atoms with Crippen molar-refractivity contribution in [1.29, 1.82) is 0 Å². The number of carbonyl (C=O) groups is 1. The number of rotatable bonds is 5. The summed E-state index contributed by atoms with van der Waals surface area (Å²) in [5.41, 5.74) is 1.03. The highest BCUT2D eigenvalue weighted by atomic mass is 79.9. The van der Waals surface area contributed by atoms with Crippen LogP contribution in [-0.2, 0) is 11.3 Å². The fraction of sp³-hybridized carbons (Fsp3) is 0.500. The lowest BCUT2D eigenvalue weighted by Gasteiger charge is -2.23. The Morgan fingerprint density at radius 2 is 2.05 bits per heavy atom. The topological polar surface area (TPSA) is 59.6 Å². The van der Waals surface area contributed by atoms with Crippen molar-refractivity contribution in [3.05, 3.63) is 22.2 Å². The zero-order valence-electron chi connectivity index (χ0n) is 11.7. The van der Waals surface area contributed by atoms with Crippen LogP contribution in [0, 0.1) is 0 Å². The largest absolute Gasteiger partial charge is 0.493 e. The van der Waals surface area contributed by atoms with Crippen LogP contribution in [0.15, 0.2) is 16.6 Å². The normalized spacial score (nSPS) is 18.6. The Hall–Kier alpha value is -1.27. The van der Waals surface area contributed by atoms with E-state index in [0.29, 0.717) is 18.0 Å². The lowest BCUT2D eigenvalue weighted by atomic mass is 10.1. The lowest BCUT2D eigenvalue weighted by Crippen LogP contribution is -2.47. The van der Waals surface area contributed by atoms with E-state index in [4.69, 9.17) is 9.47 Å². The first kappa shape index (κ1) is 15.1. The minimum Gasteiger partial charge on any atom is -0.493 e. The van der Waals surface area contributed by atoms with Gasteiger partial charge in [0.2, 0.25) is 5.91 Å². The zero-order valence-corrected chi connectivity index (χ0v) is 13.2. The maximum absolute atomic E-state index is 11.7. The highest BCUT2D eigenvalue weighted by Gasteiger charge is 2.21. The minimum absolute atomic E-state index is 0.0767. The van der Waals surface area contributed by atoms with Gasteiger partial charge in [-0.25, -0.2) is 0 Å². The lowest BCUT2D eigenvalue weighted by molar-refractivity contribution is -0.124. The van der Waals surface area contributed by atoms with Crippen molar-refractivity contribution in [2.24, 2.45) is 0 Å². The Kier molecular flexibility index (Phi) is 5.25. The van der Waals surface area contributed by atoms with Crippen LogP contribution in [-0.4, -0.2) is 32.7 Å². The molecule has 1 aromatic carbocycles. The number of amides is 1. The summed E-state index contributed by atoms with van der Waals surface area (Å²) in [6, 6.07) is 3.66. The fourth-order valence-corrected chi connectivity index (χ4v) is 2.69. The molecule has 0 bridgehead atoms. The van der Waals surface area contributed by atoms with E-state index in [-0.39, 0.29) is 11.9 Å². The first-order chi connectivity index (χ1) is 9.65. The molecule has 0 spiro atoms. The van der Waals surface area contributed by atoms with E-state index in [1.54, 1.807) is 14.2 Å². The number of piperidine rings is 1. The summed E-state index contributed by atoms with van der Waals surface area (Å²) >= 11 is 3.52. The molecular weight excluding hydrogens is 324 g/mol. The Labute approximate surface area is 127 Å². The van der Waals surface area contributed by atoms with Gasteiger partial charge in [-0.1, -0.05) is 15.9 Å². The van der Waals surface area contributed by atoms with Crippen molar-refractivity contribution in [3.63, 3.8) is 0 Å². The number of methoxy groups -OCH3 is 2. The van der Waals surface area contributed by atoms with Crippen molar-refractivity contribution >= 4 is 21.8 Å². The van der Waals surface area contributed by atoms with Gasteiger partial charge in [-0.05, 0) is 30.5 Å². The van der Waals surface area contributed by atoms with Crippen molar-refractivity contribution in [2.45, 2.75) is 25.4 Å². The van der Waals surface area contributed by atoms with Gasteiger partial charge in [0.25, 0.3) is 0 Å². The van der Waals surface area contributed by atoms with Crippen molar-refractivity contribution < 1.29 is 14.3 Å². The van der Waals surface area contributed by atoms with Crippen LogP contribution in [0.1, 0.15) is 18.4 Å². The van der Waals surface area contributed by atoms with E-state index in [0.717, 1.165) is 29.4 Å². The molecule has 2 N–H and O–H groups in total. The first-order valence-corrected chi connectivity index (χ1v) is 7.36. The number of hydrogen-bond acceptors (Lipinski definition) is 4. The molecule has 1 heterocycles. The number of hydrogen-bond donors (Lipinski definition) is 2. The molecule has 0 aromatic heterocycles. The van der Waals surface area contributed by atoms with Gasteiger partial charge in [-0.15, -0.1) is 0 Å². The molecule has 0 aliphatic carbocycles. The van der Waals surface area contributed by atoms with E-state index in [9.17, 15) is 4.79 Å². The predicted molar refractivity (Wildman–Crippen MR) is 80.1 cm³/mol. The third kappa shape index (κ3) is 3.43. The van der Waals surface area contributed by atoms with Gasteiger partial charge in [0.05, 0.1) is 20.3 Å². The Bertz CT molecular complexity index is 494. The van der Waals surface area contributed by atoms with Crippen LogP contribution in [0.4, 0.5) is 0 Å². The molecule has 1 saturated heterocycles. The van der Waals surface area contributed by atoms with Crippen LogP contribution in [0.3, 0.4) is 0 Å². The summed E-state index contributed by atoms with van der Waals surface area (Å²) in [6.07, 6.45) is 1.88. The summed E-state index contributed by atoms with van der Waals surface area (Å²) in [4.78, 5) is 11.7. The van der Waals surface area contributed by atoms with Gasteiger partial charge in [0.1, 0.15) is 0 Å². The second-order valence-corrected chi connectivity index (χ2v) is 5.52. The average molecular weight is 343 g/mol. The Balaban J connectivity index is 2.07.